The summed E-state index contributed by atoms with van der Waals surface area (Å²) in [5.74, 6) is 0.161. The Morgan fingerprint density at radius 2 is 1.58 bits per heavy atom. The zero-order chi connectivity index (χ0) is 18.8. The molecule has 0 aliphatic heterocycles. The van der Waals surface area contributed by atoms with Crippen LogP contribution in [0.1, 0.15) is 96.9 Å². The highest BCUT2D eigenvalue weighted by atomic mass is 16.1. The standard InChI is InChI=1S/C20H35N5O/c1-3-5-7-9-11-13-16(14-12-10-8-6-4-2)25-15-22-17-18(25)23-20(21)24-19(17)26/h15-16H,3-14H2,1-2H3,(H3,21,23,24,26). The van der Waals surface area contributed by atoms with Crippen molar-refractivity contribution < 1.29 is 0 Å². The molecule has 146 valence electrons. The van der Waals surface area contributed by atoms with Crippen LogP contribution in [0.4, 0.5) is 5.95 Å². The summed E-state index contributed by atoms with van der Waals surface area (Å²) in [7, 11) is 0. The van der Waals surface area contributed by atoms with Crippen molar-refractivity contribution >= 4 is 17.1 Å². The van der Waals surface area contributed by atoms with Gasteiger partial charge in [0, 0.05) is 6.04 Å². The molecule has 2 aromatic heterocycles. The lowest BCUT2D eigenvalue weighted by Gasteiger charge is -2.19. The van der Waals surface area contributed by atoms with Gasteiger partial charge >= 0.3 is 0 Å². The molecule has 0 bridgehead atoms. The molecule has 0 aromatic carbocycles. The van der Waals surface area contributed by atoms with Gasteiger partial charge in [0.2, 0.25) is 5.95 Å². The lowest BCUT2D eigenvalue weighted by atomic mass is 10.00. The molecular weight excluding hydrogens is 326 g/mol. The van der Waals surface area contributed by atoms with E-state index in [-0.39, 0.29) is 11.5 Å². The Kier molecular flexibility index (Phi) is 8.65. The Morgan fingerprint density at radius 3 is 2.15 bits per heavy atom. The average molecular weight is 362 g/mol. The second-order valence-electron chi connectivity index (χ2n) is 7.33. The second-order valence-corrected chi connectivity index (χ2v) is 7.33. The fourth-order valence-electron chi connectivity index (χ4n) is 3.60. The third-order valence-corrected chi connectivity index (χ3v) is 5.13. The van der Waals surface area contributed by atoms with Gasteiger partial charge in [-0.3, -0.25) is 9.78 Å². The summed E-state index contributed by atoms with van der Waals surface area (Å²) in [4.78, 5) is 23.2. The van der Waals surface area contributed by atoms with Crippen LogP contribution in [0.5, 0.6) is 0 Å². The molecule has 6 heteroatoms. The maximum atomic E-state index is 12.0. The van der Waals surface area contributed by atoms with Crippen molar-refractivity contribution in [3.8, 4) is 0 Å². The number of nitrogens with zero attached hydrogens (tertiary/aromatic N) is 3. The van der Waals surface area contributed by atoms with Crippen LogP contribution in [0.3, 0.4) is 0 Å². The number of aromatic nitrogens is 4. The predicted molar refractivity (Wildman–Crippen MR) is 108 cm³/mol. The van der Waals surface area contributed by atoms with E-state index in [4.69, 9.17) is 5.73 Å². The molecule has 0 aliphatic carbocycles. The molecule has 0 saturated heterocycles. The first-order valence-electron chi connectivity index (χ1n) is 10.4. The van der Waals surface area contributed by atoms with Crippen molar-refractivity contribution in [3.63, 3.8) is 0 Å². The Bertz CT molecular complexity index is 692. The first kappa shape index (κ1) is 20.5. The first-order chi connectivity index (χ1) is 12.7. The number of hydrogen-bond donors (Lipinski definition) is 2. The minimum absolute atomic E-state index is 0.161. The largest absolute Gasteiger partial charge is 0.369 e. The van der Waals surface area contributed by atoms with Crippen molar-refractivity contribution in [2.75, 3.05) is 5.73 Å². The van der Waals surface area contributed by atoms with Crippen molar-refractivity contribution in [1.29, 1.82) is 0 Å². The van der Waals surface area contributed by atoms with E-state index >= 15 is 0 Å². The number of anilines is 1. The normalized spacial score (nSPS) is 11.7. The zero-order valence-electron chi connectivity index (χ0n) is 16.5. The topological polar surface area (TPSA) is 89.6 Å². The van der Waals surface area contributed by atoms with Gasteiger partial charge in [0.1, 0.15) is 0 Å². The second kappa shape index (κ2) is 11.0. The van der Waals surface area contributed by atoms with Gasteiger partial charge in [-0.2, -0.15) is 4.98 Å². The summed E-state index contributed by atoms with van der Waals surface area (Å²) in [6.45, 7) is 4.48. The van der Waals surface area contributed by atoms with Crippen LogP contribution in [0.25, 0.3) is 11.2 Å². The minimum Gasteiger partial charge on any atom is -0.369 e. The molecule has 0 saturated carbocycles. The number of rotatable bonds is 13. The van der Waals surface area contributed by atoms with E-state index in [0.717, 1.165) is 12.8 Å². The van der Waals surface area contributed by atoms with Crippen molar-refractivity contribution in [2.24, 2.45) is 0 Å². The molecule has 0 amide bonds. The van der Waals surface area contributed by atoms with Crippen LogP contribution in [-0.4, -0.2) is 19.5 Å². The average Bonchev–Trinajstić information content (AvgIpc) is 3.03. The quantitative estimate of drug-likeness (QED) is 0.493. The van der Waals surface area contributed by atoms with Gasteiger partial charge in [-0.1, -0.05) is 78.1 Å². The molecule has 0 unspecified atom stereocenters. The molecule has 0 atom stereocenters. The van der Waals surface area contributed by atoms with E-state index in [1.54, 1.807) is 6.33 Å². The highest BCUT2D eigenvalue weighted by molar-refractivity contribution is 5.70. The van der Waals surface area contributed by atoms with Crippen LogP contribution in [0.2, 0.25) is 0 Å². The lowest BCUT2D eigenvalue weighted by molar-refractivity contribution is 0.400. The van der Waals surface area contributed by atoms with Crippen molar-refractivity contribution in [1.82, 2.24) is 19.5 Å². The summed E-state index contributed by atoms with van der Waals surface area (Å²) >= 11 is 0. The zero-order valence-corrected chi connectivity index (χ0v) is 16.5. The van der Waals surface area contributed by atoms with Crippen molar-refractivity contribution in [2.45, 2.75) is 96.9 Å². The van der Waals surface area contributed by atoms with E-state index in [9.17, 15) is 4.79 Å². The number of nitrogen functional groups attached to an aromatic ring is 1. The third kappa shape index (κ3) is 5.85. The molecule has 2 rings (SSSR count). The van der Waals surface area contributed by atoms with E-state index in [1.165, 1.54) is 64.2 Å². The van der Waals surface area contributed by atoms with Crippen LogP contribution in [-0.2, 0) is 0 Å². The minimum atomic E-state index is -0.254. The molecule has 3 N–H and O–H groups in total. The monoisotopic (exact) mass is 361 g/mol. The van der Waals surface area contributed by atoms with Crippen molar-refractivity contribution in [3.05, 3.63) is 16.7 Å². The fraction of sp³-hybridized carbons (Fsp3) is 0.750. The molecular formula is C20H35N5O. The summed E-state index contributed by atoms with van der Waals surface area (Å²) in [6, 6.07) is 0.344. The van der Waals surface area contributed by atoms with Crippen LogP contribution >= 0.6 is 0 Å². The number of aromatic amines is 1. The number of imidazole rings is 1. The molecule has 0 radical (unpaired) electrons. The third-order valence-electron chi connectivity index (χ3n) is 5.13. The van der Waals surface area contributed by atoms with Gasteiger partial charge in [0.05, 0.1) is 6.33 Å². The van der Waals surface area contributed by atoms with Gasteiger partial charge in [-0.05, 0) is 12.8 Å². The number of fused-ring (bicyclic) bond motifs is 1. The Balaban J connectivity index is 2.07. The summed E-state index contributed by atoms with van der Waals surface area (Å²) in [6.07, 6.45) is 16.7. The Hall–Kier alpha value is -1.85. The smallest absolute Gasteiger partial charge is 0.280 e. The first-order valence-corrected chi connectivity index (χ1v) is 10.4. The number of nitrogens with one attached hydrogen (secondary N) is 1. The van der Waals surface area contributed by atoms with Gasteiger partial charge in [-0.25, -0.2) is 4.98 Å². The summed E-state index contributed by atoms with van der Waals surface area (Å²) in [5, 5.41) is 0. The molecule has 6 nitrogen and oxygen atoms in total. The molecule has 26 heavy (non-hydrogen) atoms. The molecule has 0 spiro atoms. The highest BCUT2D eigenvalue weighted by Crippen LogP contribution is 2.26. The van der Waals surface area contributed by atoms with E-state index < -0.39 is 0 Å². The van der Waals surface area contributed by atoms with Gasteiger partial charge in [0.25, 0.3) is 5.56 Å². The van der Waals surface area contributed by atoms with Gasteiger partial charge in [0.15, 0.2) is 11.2 Å². The molecule has 2 aromatic rings. The SMILES string of the molecule is CCCCCCCC(CCCCCCC)n1cnc2c(=O)[nH]c(N)nc21. The number of unbranched alkanes of at least 4 members (excludes halogenated alkanes) is 8. The van der Waals surface area contributed by atoms with Gasteiger partial charge < -0.3 is 10.3 Å². The van der Waals surface area contributed by atoms with E-state index in [0.29, 0.717) is 17.2 Å². The van der Waals surface area contributed by atoms with Crippen LogP contribution < -0.4 is 11.3 Å². The highest BCUT2D eigenvalue weighted by Gasteiger charge is 2.17. The molecule has 0 aliphatic rings. The fourth-order valence-corrected chi connectivity index (χ4v) is 3.60. The number of H-pyrrole nitrogens is 1. The maximum absolute atomic E-state index is 12.0. The van der Waals surface area contributed by atoms with Gasteiger partial charge in [-0.15, -0.1) is 0 Å². The summed E-state index contributed by atoms with van der Waals surface area (Å²) < 4.78 is 2.08. The Morgan fingerprint density at radius 1 is 1.00 bits per heavy atom. The van der Waals surface area contributed by atoms with Crippen LogP contribution in [0, 0.1) is 0 Å². The number of hydrogen-bond acceptors (Lipinski definition) is 4. The van der Waals surface area contributed by atoms with Crippen LogP contribution in [0.15, 0.2) is 11.1 Å². The molecule has 0 fully saturated rings. The predicted octanol–water partition coefficient (Wildman–Crippen LogP) is 4.96. The van der Waals surface area contributed by atoms with E-state index in [2.05, 4.69) is 33.4 Å². The Labute approximate surface area is 156 Å². The number of nitrogens with two attached hydrogens (primary N) is 1. The maximum Gasteiger partial charge on any atom is 0.280 e. The molecule has 2 heterocycles. The lowest BCUT2D eigenvalue weighted by Crippen LogP contribution is -2.14. The van der Waals surface area contributed by atoms with E-state index in [1.807, 2.05) is 0 Å². The summed E-state index contributed by atoms with van der Waals surface area (Å²) in [5.41, 5.74) is 6.51.